The molecule has 20 heavy (non-hydrogen) atoms. The number of piperidine rings is 1. The Morgan fingerprint density at radius 3 is 2.60 bits per heavy atom. The first-order chi connectivity index (χ1) is 9.75. The molecule has 1 heterocycles. The van der Waals surface area contributed by atoms with E-state index in [1.165, 1.54) is 11.6 Å². The number of rotatable bonds is 2. The zero-order valence-corrected chi connectivity index (χ0v) is 11.9. The first-order valence-corrected chi connectivity index (χ1v) is 7.34. The van der Waals surface area contributed by atoms with Crippen molar-refractivity contribution < 1.29 is 4.39 Å². The second-order valence-corrected chi connectivity index (χ2v) is 5.72. The van der Waals surface area contributed by atoms with Crippen LogP contribution in [0.25, 0.3) is 0 Å². The van der Waals surface area contributed by atoms with Crippen LogP contribution >= 0.6 is 11.6 Å². The van der Waals surface area contributed by atoms with Crippen molar-refractivity contribution in [1.82, 2.24) is 5.32 Å². The summed E-state index contributed by atoms with van der Waals surface area (Å²) in [5, 5.41) is 3.87. The molecule has 0 spiro atoms. The van der Waals surface area contributed by atoms with Gasteiger partial charge < -0.3 is 5.32 Å². The van der Waals surface area contributed by atoms with Gasteiger partial charge in [-0.1, -0.05) is 48.0 Å². The second-order valence-electron chi connectivity index (χ2n) is 5.28. The van der Waals surface area contributed by atoms with Gasteiger partial charge in [-0.3, -0.25) is 0 Å². The molecule has 2 aromatic carbocycles. The van der Waals surface area contributed by atoms with Gasteiger partial charge in [0.2, 0.25) is 0 Å². The third-order valence-electron chi connectivity index (χ3n) is 4.07. The molecule has 2 atom stereocenters. The highest BCUT2D eigenvalue weighted by Crippen LogP contribution is 2.38. The molecule has 0 bridgehead atoms. The van der Waals surface area contributed by atoms with Crippen LogP contribution in [0.4, 0.5) is 4.39 Å². The zero-order valence-electron chi connectivity index (χ0n) is 11.2. The number of hydrogen-bond acceptors (Lipinski definition) is 1. The van der Waals surface area contributed by atoms with Crippen molar-refractivity contribution >= 4 is 11.6 Å². The third kappa shape index (κ3) is 2.72. The Kier molecular flexibility index (Phi) is 4.04. The van der Waals surface area contributed by atoms with Crippen LogP contribution in [0.15, 0.2) is 48.5 Å². The predicted octanol–water partition coefficient (Wildman–Crippen LogP) is 4.34. The maximum absolute atomic E-state index is 14.2. The summed E-state index contributed by atoms with van der Waals surface area (Å²) in [5.41, 5.74) is 2.05. The van der Waals surface area contributed by atoms with E-state index in [2.05, 4.69) is 17.4 Å². The summed E-state index contributed by atoms with van der Waals surface area (Å²) in [7, 11) is 0. The summed E-state index contributed by atoms with van der Waals surface area (Å²) in [6, 6.07) is 15.4. The van der Waals surface area contributed by atoms with Gasteiger partial charge in [0.25, 0.3) is 0 Å². The smallest absolute Gasteiger partial charge is 0.128 e. The Morgan fingerprint density at radius 1 is 1.05 bits per heavy atom. The molecular formula is C17H17ClFN. The van der Waals surface area contributed by atoms with Crippen molar-refractivity contribution in [1.29, 1.82) is 0 Å². The SMILES string of the molecule is Fc1cc(Cl)ccc1C1CCNCC1c1ccccc1. The third-order valence-corrected chi connectivity index (χ3v) is 4.31. The molecule has 1 fully saturated rings. The Hall–Kier alpha value is -1.38. The lowest BCUT2D eigenvalue weighted by molar-refractivity contribution is 0.393. The molecule has 2 unspecified atom stereocenters. The van der Waals surface area contributed by atoms with E-state index >= 15 is 0 Å². The molecule has 1 aliphatic heterocycles. The van der Waals surface area contributed by atoms with E-state index in [0.717, 1.165) is 25.1 Å². The van der Waals surface area contributed by atoms with Crippen molar-refractivity contribution in [2.45, 2.75) is 18.3 Å². The van der Waals surface area contributed by atoms with Gasteiger partial charge in [0.05, 0.1) is 0 Å². The standard InChI is InChI=1S/C17H17ClFN/c18-13-6-7-15(17(19)10-13)14-8-9-20-11-16(14)12-4-2-1-3-5-12/h1-7,10,14,16,20H,8-9,11H2. The Morgan fingerprint density at radius 2 is 1.85 bits per heavy atom. The highest BCUT2D eigenvalue weighted by molar-refractivity contribution is 6.30. The molecular weight excluding hydrogens is 273 g/mol. The van der Waals surface area contributed by atoms with Crippen LogP contribution in [-0.2, 0) is 0 Å². The van der Waals surface area contributed by atoms with Gasteiger partial charge in [-0.2, -0.15) is 0 Å². The van der Waals surface area contributed by atoms with Crippen molar-refractivity contribution in [3.05, 3.63) is 70.5 Å². The average Bonchev–Trinajstić information content (AvgIpc) is 2.48. The van der Waals surface area contributed by atoms with Crippen LogP contribution in [0.5, 0.6) is 0 Å². The molecule has 1 nitrogen and oxygen atoms in total. The minimum absolute atomic E-state index is 0.190. The van der Waals surface area contributed by atoms with Crippen molar-refractivity contribution in [3.63, 3.8) is 0 Å². The molecule has 0 radical (unpaired) electrons. The largest absolute Gasteiger partial charge is 0.316 e. The molecule has 0 aliphatic carbocycles. The molecule has 1 saturated heterocycles. The molecule has 104 valence electrons. The summed E-state index contributed by atoms with van der Waals surface area (Å²) < 4.78 is 14.2. The molecule has 0 amide bonds. The Balaban J connectivity index is 1.97. The van der Waals surface area contributed by atoms with Gasteiger partial charge in [0, 0.05) is 17.5 Å². The fraction of sp³-hybridized carbons (Fsp3) is 0.294. The van der Waals surface area contributed by atoms with E-state index in [0.29, 0.717) is 10.9 Å². The van der Waals surface area contributed by atoms with Gasteiger partial charge in [-0.25, -0.2) is 4.39 Å². The summed E-state index contributed by atoms with van der Waals surface area (Å²) in [6.07, 6.45) is 0.943. The fourth-order valence-corrected chi connectivity index (χ4v) is 3.24. The summed E-state index contributed by atoms with van der Waals surface area (Å²) >= 11 is 5.86. The van der Waals surface area contributed by atoms with Gasteiger partial charge in [-0.15, -0.1) is 0 Å². The molecule has 0 aromatic heterocycles. The first kappa shape index (κ1) is 13.6. The fourth-order valence-electron chi connectivity index (χ4n) is 3.08. The molecule has 1 aliphatic rings. The highest BCUT2D eigenvalue weighted by Gasteiger charge is 2.29. The lowest BCUT2D eigenvalue weighted by Crippen LogP contribution is -2.34. The predicted molar refractivity (Wildman–Crippen MR) is 80.8 cm³/mol. The maximum Gasteiger partial charge on any atom is 0.128 e. The zero-order chi connectivity index (χ0) is 13.9. The Bertz CT molecular complexity index is 585. The summed E-state index contributed by atoms with van der Waals surface area (Å²) in [5.74, 6) is 0.321. The minimum Gasteiger partial charge on any atom is -0.316 e. The summed E-state index contributed by atoms with van der Waals surface area (Å²) in [6.45, 7) is 1.81. The van der Waals surface area contributed by atoms with E-state index in [4.69, 9.17) is 11.6 Å². The highest BCUT2D eigenvalue weighted by atomic mass is 35.5. The molecule has 1 N–H and O–H groups in total. The van der Waals surface area contributed by atoms with Crippen LogP contribution in [0.3, 0.4) is 0 Å². The van der Waals surface area contributed by atoms with Crippen molar-refractivity contribution in [2.24, 2.45) is 0 Å². The molecule has 2 aromatic rings. The van der Waals surface area contributed by atoms with Crippen LogP contribution in [0.2, 0.25) is 5.02 Å². The molecule has 3 heteroatoms. The molecule has 3 rings (SSSR count). The number of hydrogen-bond donors (Lipinski definition) is 1. The van der Waals surface area contributed by atoms with E-state index in [9.17, 15) is 4.39 Å². The van der Waals surface area contributed by atoms with Gasteiger partial charge in [-0.05, 0) is 42.1 Å². The van der Waals surface area contributed by atoms with E-state index in [1.807, 2.05) is 24.3 Å². The topological polar surface area (TPSA) is 12.0 Å². The van der Waals surface area contributed by atoms with E-state index < -0.39 is 0 Å². The second kappa shape index (κ2) is 5.94. The van der Waals surface area contributed by atoms with Crippen LogP contribution < -0.4 is 5.32 Å². The number of benzene rings is 2. The Labute approximate surface area is 123 Å². The van der Waals surface area contributed by atoms with Gasteiger partial charge in [0.15, 0.2) is 0 Å². The summed E-state index contributed by atoms with van der Waals surface area (Å²) in [4.78, 5) is 0. The molecule has 0 saturated carbocycles. The van der Waals surface area contributed by atoms with E-state index in [-0.39, 0.29) is 11.7 Å². The van der Waals surface area contributed by atoms with E-state index in [1.54, 1.807) is 6.07 Å². The van der Waals surface area contributed by atoms with Gasteiger partial charge in [0.1, 0.15) is 5.82 Å². The maximum atomic E-state index is 14.2. The minimum atomic E-state index is -0.190. The van der Waals surface area contributed by atoms with Crippen LogP contribution in [0, 0.1) is 5.82 Å². The van der Waals surface area contributed by atoms with Gasteiger partial charge >= 0.3 is 0 Å². The quantitative estimate of drug-likeness (QED) is 0.867. The van der Waals surface area contributed by atoms with Crippen LogP contribution in [0.1, 0.15) is 29.4 Å². The average molecular weight is 290 g/mol. The first-order valence-electron chi connectivity index (χ1n) is 6.96. The normalized spacial score (nSPS) is 22.7. The van der Waals surface area contributed by atoms with Crippen molar-refractivity contribution in [2.75, 3.05) is 13.1 Å². The monoisotopic (exact) mass is 289 g/mol. The van der Waals surface area contributed by atoms with Crippen molar-refractivity contribution in [3.8, 4) is 0 Å². The number of halogens is 2. The number of nitrogens with one attached hydrogen (secondary N) is 1. The lowest BCUT2D eigenvalue weighted by Gasteiger charge is -2.33. The lowest BCUT2D eigenvalue weighted by atomic mass is 9.77. The van der Waals surface area contributed by atoms with Crippen LogP contribution in [-0.4, -0.2) is 13.1 Å².